The Morgan fingerprint density at radius 3 is 2.50 bits per heavy atom. The lowest BCUT2D eigenvalue weighted by molar-refractivity contribution is 0.0627. The third kappa shape index (κ3) is 3.82. The van der Waals surface area contributed by atoms with Crippen molar-refractivity contribution in [2.24, 2.45) is 0 Å². The highest BCUT2D eigenvalue weighted by atomic mass is 19.1. The first-order chi connectivity index (χ1) is 11.5. The van der Waals surface area contributed by atoms with Gasteiger partial charge in [-0.3, -0.25) is 9.69 Å². The SMILES string of the molecule is Cc1ccc(C)c(C(=O)N2CCN(Cc3cccc(F)c3)CC2)c1. The second-order valence-electron chi connectivity index (χ2n) is 6.52. The monoisotopic (exact) mass is 326 g/mol. The molecule has 0 bridgehead atoms. The highest BCUT2D eigenvalue weighted by Gasteiger charge is 2.23. The highest BCUT2D eigenvalue weighted by Crippen LogP contribution is 2.16. The molecular weight excluding hydrogens is 303 g/mol. The van der Waals surface area contributed by atoms with Crippen LogP contribution in [0.2, 0.25) is 0 Å². The smallest absolute Gasteiger partial charge is 0.254 e. The van der Waals surface area contributed by atoms with Gasteiger partial charge >= 0.3 is 0 Å². The van der Waals surface area contributed by atoms with Crippen molar-refractivity contribution < 1.29 is 9.18 Å². The van der Waals surface area contributed by atoms with Gasteiger partial charge < -0.3 is 4.90 Å². The first kappa shape index (κ1) is 16.7. The van der Waals surface area contributed by atoms with Gasteiger partial charge in [0.15, 0.2) is 0 Å². The summed E-state index contributed by atoms with van der Waals surface area (Å²) in [7, 11) is 0. The number of hydrogen-bond acceptors (Lipinski definition) is 2. The molecule has 0 atom stereocenters. The van der Waals surface area contributed by atoms with E-state index in [2.05, 4.69) is 4.90 Å². The number of amides is 1. The van der Waals surface area contributed by atoms with Gasteiger partial charge in [0.2, 0.25) is 0 Å². The molecule has 1 fully saturated rings. The molecule has 0 saturated carbocycles. The molecule has 0 aliphatic carbocycles. The Labute approximate surface area is 142 Å². The van der Waals surface area contributed by atoms with E-state index in [0.29, 0.717) is 13.1 Å². The van der Waals surface area contributed by atoms with E-state index in [9.17, 15) is 9.18 Å². The first-order valence-electron chi connectivity index (χ1n) is 8.36. The van der Waals surface area contributed by atoms with Crippen LogP contribution >= 0.6 is 0 Å². The zero-order valence-electron chi connectivity index (χ0n) is 14.3. The normalized spacial score (nSPS) is 15.5. The first-order valence-corrected chi connectivity index (χ1v) is 8.36. The highest BCUT2D eigenvalue weighted by molar-refractivity contribution is 5.95. The fourth-order valence-corrected chi connectivity index (χ4v) is 3.14. The number of benzene rings is 2. The quantitative estimate of drug-likeness (QED) is 0.863. The lowest BCUT2D eigenvalue weighted by Crippen LogP contribution is -2.48. The van der Waals surface area contributed by atoms with Crippen LogP contribution in [0.25, 0.3) is 0 Å². The summed E-state index contributed by atoms with van der Waals surface area (Å²) in [4.78, 5) is 16.9. The number of rotatable bonds is 3. The molecule has 3 rings (SSSR count). The summed E-state index contributed by atoms with van der Waals surface area (Å²) in [6, 6.07) is 12.7. The topological polar surface area (TPSA) is 23.6 Å². The van der Waals surface area contributed by atoms with E-state index in [-0.39, 0.29) is 11.7 Å². The van der Waals surface area contributed by atoms with E-state index < -0.39 is 0 Å². The fraction of sp³-hybridized carbons (Fsp3) is 0.350. The summed E-state index contributed by atoms with van der Waals surface area (Å²) in [6.45, 7) is 7.76. The van der Waals surface area contributed by atoms with E-state index in [1.807, 2.05) is 43.0 Å². The Balaban J connectivity index is 1.60. The van der Waals surface area contributed by atoms with Crippen molar-refractivity contribution in [3.8, 4) is 0 Å². The van der Waals surface area contributed by atoms with Crippen LogP contribution in [-0.2, 0) is 6.54 Å². The zero-order valence-corrected chi connectivity index (χ0v) is 14.3. The largest absolute Gasteiger partial charge is 0.336 e. The minimum Gasteiger partial charge on any atom is -0.336 e. The molecule has 126 valence electrons. The van der Waals surface area contributed by atoms with Crippen molar-refractivity contribution >= 4 is 5.91 Å². The molecule has 2 aromatic carbocycles. The van der Waals surface area contributed by atoms with Crippen LogP contribution in [-0.4, -0.2) is 41.9 Å². The second kappa shape index (κ2) is 7.14. The maximum atomic E-state index is 13.3. The van der Waals surface area contributed by atoms with Crippen molar-refractivity contribution in [3.05, 3.63) is 70.5 Å². The maximum Gasteiger partial charge on any atom is 0.254 e. The van der Waals surface area contributed by atoms with Crippen molar-refractivity contribution in [1.29, 1.82) is 0 Å². The minimum absolute atomic E-state index is 0.113. The van der Waals surface area contributed by atoms with Crippen LogP contribution in [0, 0.1) is 19.7 Å². The van der Waals surface area contributed by atoms with Crippen LogP contribution in [0.1, 0.15) is 27.0 Å². The van der Waals surface area contributed by atoms with Crippen molar-refractivity contribution in [1.82, 2.24) is 9.80 Å². The van der Waals surface area contributed by atoms with Gasteiger partial charge in [0.1, 0.15) is 5.82 Å². The molecule has 24 heavy (non-hydrogen) atoms. The molecule has 0 radical (unpaired) electrons. The van der Waals surface area contributed by atoms with Gasteiger partial charge in [0.05, 0.1) is 0 Å². The van der Waals surface area contributed by atoms with E-state index in [1.54, 1.807) is 12.1 Å². The van der Waals surface area contributed by atoms with Gasteiger partial charge in [0, 0.05) is 38.3 Å². The third-order valence-corrected chi connectivity index (χ3v) is 4.58. The molecule has 2 aromatic rings. The molecule has 1 saturated heterocycles. The van der Waals surface area contributed by atoms with Gasteiger partial charge in [-0.15, -0.1) is 0 Å². The Hall–Kier alpha value is -2.20. The maximum absolute atomic E-state index is 13.3. The number of aryl methyl sites for hydroxylation is 2. The van der Waals surface area contributed by atoms with Crippen molar-refractivity contribution in [2.75, 3.05) is 26.2 Å². The fourth-order valence-electron chi connectivity index (χ4n) is 3.14. The van der Waals surface area contributed by atoms with Crippen LogP contribution in [0.4, 0.5) is 4.39 Å². The van der Waals surface area contributed by atoms with E-state index >= 15 is 0 Å². The molecule has 0 N–H and O–H groups in total. The van der Waals surface area contributed by atoms with Crippen molar-refractivity contribution in [2.45, 2.75) is 20.4 Å². The summed E-state index contributed by atoms with van der Waals surface area (Å²) >= 11 is 0. The molecule has 0 aromatic heterocycles. The van der Waals surface area contributed by atoms with E-state index in [1.165, 1.54) is 6.07 Å². The summed E-state index contributed by atoms with van der Waals surface area (Å²) < 4.78 is 13.3. The van der Waals surface area contributed by atoms with Gasteiger partial charge in [-0.1, -0.05) is 29.8 Å². The molecule has 1 aliphatic heterocycles. The molecular formula is C20H23FN2O. The Morgan fingerprint density at radius 1 is 1.04 bits per heavy atom. The summed E-state index contributed by atoms with van der Waals surface area (Å²) in [6.07, 6.45) is 0. The standard InChI is InChI=1S/C20H23FN2O/c1-15-6-7-16(2)19(12-15)20(24)23-10-8-22(9-11-23)14-17-4-3-5-18(21)13-17/h3-7,12-13H,8-11,14H2,1-2H3. The molecule has 0 spiro atoms. The molecule has 1 amide bonds. The lowest BCUT2D eigenvalue weighted by atomic mass is 10.0. The minimum atomic E-state index is -0.198. The predicted molar refractivity (Wildman–Crippen MR) is 93.5 cm³/mol. The van der Waals surface area contributed by atoms with Crippen LogP contribution in [0.15, 0.2) is 42.5 Å². The lowest BCUT2D eigenvalue weighted by Gasteiger charge is -2.35. The number of carbonyl (C=O) groups is 1. The van der Waals surface area contributed by atoms with Gasteiger partial charge in [-0.2, -0.15) is 0 Å². The van der Waals surface area contributed by atoms with Gasteiger partial charge in [0.25, 0.3) is 5.91 Å². The Morgan fingerprint density at radius 2 is 1.79 bits per heavy atom. The van der Waals surface area contributed by atoms with Gasteiger partial charge in [-0.05, 0) is 43.2 Å². The van der Waals surface area contributed by atoms with Crippen molar-refractivity contribution in [3.63, 3.8) is 0 Å². The van der Waals surface area contributed by atoms with E-state index in [4.69, 9.17) is 0 Å². The average molecular weight is 326 g/mol. The molecule has 4 heteroatoms. The zero-order chi connectivity index (χ0) is 17.1. The van der Waals surface area contributed by atoms with E-state index in [0.717, 1.165) is 41.9 Å². The van der Waals surface area contributed by atoms with Crippen LogP contribution < -0.4 is 0 Å². The number of halogens is 1. The number of piperazine rings is 1. The summed E-state index contributed by atoms with van der Waals surface area (Å²) in [5.74, 6) is -0.0853. The summed E-state index contributed by atoms with van der Waals surface area (Å²) in [5, 5.41) is 0. The Kier molecular flexibility index (Phi) is 4.95. The number of carbonyl (C=O) groups excluding carboxylic acids is 1. The molecule has 1 aliphatic rings. The number of nitrogens with zero attached hydrogens (tertiary/aromatic N) is 2. The molecule has 1 heterocycles. The van der Waals surface area contributed by atoms with Gasteiger partial charge in [-0.25, -0.2) is 4.39 Å². The number of hydrogen-bond donors (Lipinski definition) is 0. The molecule has 0 unspecified atom stereocenters. The molecule has 3 nitrogen and oxygen atoms in total. The second-order valence-corrected chi connectivity index (χ2v) is 6.52. The third-order valence-electron chi connectivity index (χ3n) is 4.58. The van der Waals surface area contributed by atoms with Crippen LogP contribution in [0.3, 0.4) is 0 Å². The summed E-state index contributed by atoms with van der Waals surface area (Å²) in [5.41, 5.74) is 3.90. The van der Waals surface area contributed by atoms with Crippen LogP contribution in [0.5, 0.6) is 0 Å². The Bertz CT molecular complexity index is 736. The average Bonchev–Trinajstić information content (AvgIpc) is 2.57. The predicted octanol–water partition coefficient (Wildman–Crippen LogP) is 3.40.